The molecule has 0 radical (unpaired) electrons. The van der Waals surface area contributed by atoms with Crippen LogP contribution in [-0.4, -0.2) is 19.6 Å². The van der Waals surface area contributed by atoms with Gasteiger partial charge in [0, 0.05) is 20.1 Å². The summed E-state index contributed by atoms with van der Waals surface area (Å²) in [4.78, 5) is 11.7. The van der Waals surface area contributed by atoms with Crippen molar-refractivity contribution in [3.8, 4) is 0 Å². The summed E-state index contributed by atoms with van der Waals surface area (Å²) in [5.74, 6) is 0.120. The number of carbonyl (C=O) groups is 1. The van der Waals surface area contributed by atoms with Crippen LogP contribution in [0.4, 0.5) is 0 Å². The number of ether oxygens (including phenoxy) is 1. The number of hydrogen-bond acceptors (Lipinski definition) is 3. The first-order chi connectivity index (χ1) is 9.76. The maximum atomic E-state index is 11.7. The van der Waals surface area contributed by atoms with Crippen molar-refractivity contribution in [2.75, 3.05) is 13.7 Å². The Hall–Kier alpha value is -1.10. The Morgan fingerprint density at radius 3 is 2.62 bits per heavy atom. The average molecular weight is 315 g/mol. The molecule has 0 fully saturated rings. The van der Waals surface area contributed by atoms with Gasteiger partial charge < -0.3 is 15.8 Å². The summed E-state index contributed by atoms with van der Waals surface area (Å²) in [5, 5.41) is 2.95. The van der Waals surface area contributed by atoms with Crippen molar-refractivity contribution >= 4 is 18.3 Å². The number of unbranched alkanes of at least 4 members (excludes halogenated alkanes) is 3. The summed E-state index contributed by atoms with van der Waals surface area (Å²) in [7, 11) is 1.68. The molecule has 0 heterocycles. The van der Waals surface area contributed by atoms with E-state index in [1.54, 1.807) is 7.11 Å². The Balaban J connectivity index is 0.00000400. The standard InChI is InChI=1S/C16H26N2O2.ClH/c1-20-13-15-8-6-7-14(11-15)12-18-16(19)9-4-2-3-5-10-17;/h6-8,11H,2-5,9-10,12-13,17H2,1H3,(H,18,19);1H. The molecule has 1 aromatic carbocycles. The van der Waals surface area contributed by atoms with Crippen molar-refractivity contribution < 1.29 is 9.53 Å². The first kappa shape index (κ1) is 19.9. The van der Waals surface area contributed by atoms with Crippen molar-refractivity contribution in [1.82, 2.24) is 5.32 Å². The van der Waals surface area contributed by atoms with Gasteiger partial charge in [0.05, 0.1) is 6.61 Å². The third-order valence-electron chi connectivity index (χ3n) is 3.15. The fourth-order valence-corrected chi connectivity index (χ4v) is 2.07. The normalized spacial score (nSPS) is 10.0. The van der Waals surface area contributed by atoms with E-state index in [-0.39, 0.29) is 18.3 Å². The van der Waals surface area contributed by atoms with Gasteiger partial charge in [-0.15, -0.1) is 12.4 Å². The Kier molecular flexibility index (Phi) is 12.0. The van der Waals surface area contributed by atoms with Gasteiger partial charge in [-0.25, -0.2) is 0 Å². The zero-order valence-electron chi connectivity index (χ0n) is 12.8. The monoisotopic (exact) mass is 314 g/mol. The van der Waals surface area contributed by atoms with Crippen LogP contribution in [0.3, 0.4) is 0 Å². The molecule has 0 saturated heterocycles. The van der Waals surface area contributed by atoms with Crippen LogP contribution in [-0.2, 0) is 22.7 Å². The lowest BCUT2D eigenvalue weighted by Gasteiger charge is -2.07. The predicted octanol–water partition coefficient (Wildman–Crippen LogP) is 2.78. The molecule has 3 N–H and O–H groups in total. The van der Waals surface area contributed by atoms with E-state index in [9.17, 15) is 4.79 Å². The third-order valence-corrected chi connectivity index (χ3v) is 3.15. The molecule has 1 rings (SSSR count). The van der Waals surface area contributed by atoms with E-state index < -0.39 is 0 Å². The molecule has 0 aliphatic heterocycles. The van der Waals surface area contributed by atoms with E-state index in [0.29, 0.717) is 19.6 Å². The fourth-order valence-electron chi connectivity index (χ4n) is 2.07. The Morgan fingerprint density at radius 2 is 1.90 bits per heavy atom. The molecule has 120 valence electrons. The lowest BCUT2D eigenvalue weighted by molar-refractivity contribution is -0.121. The molecular formula is C16H27ClN2O2. The second-order valence-electron chi connectivity index (χ2n) is 4.98. The SMILES string of the molecule is COCc1cccc(CNC(=O)CCCCCCN)c1.Cl. The molecular weight excluding hydrogens is 288 g/mol. The van der Waals surface area contributed by atoms with Gasteiger partial charge in [0.1, 0.15) is 0 Å². The van der Waals surface area contributed by atoms with Gasteiger partial charge in [-0.1, -0.05) is 37.1 Å². The Bertz CT molecular complexity index is 400. The molecule has 0 aromatic heterocycles. The molecule has 21 heavy (non-hydrogen) atoms. The van der Waals surface area contributed by atoms with Crippen LogP contribution in [0.2, 0.25) is 0 Å². The number of carbonyl (C=O) groups excluding carboxylic acids is 1. The lowest BCUT2D eigenvalue weighted by Crippen LogP contribution is -2.22. The van der Waals surface area contributed by atoms with Crippen LogP contribution in [0.15, 0.2) is 24.3 Å². The molecule has 0 bridgehead atoms. The first-order valence-electron chi connectivity index (χ1n) is 7.29. The van der Waals surface area contributed by atoms with Crippen LogP contribution in [0, 0.1) is 0 Å². The summed E-state index contributed by atoms with van der Waals surface area (Å²) in [6.45, 7) is 1.92. The van der Waals surface area contributed by atoms with Crippen molar-refractivity contribution in [1.29, 1.82) is 0 Å². The second kappa shape index (κ2) is 12.6. The maximum Gasteiger partial charge on any atom is 0.220 e. The van der Waals surface area contributed by atoms with Gasteiger partial charge in [-0.3, -0.25) is 4.79 Å². The number of nitrogens with two attached hydrogens (primary N) is 1. The highest BCUT2D eigenvalue weighted by atomic mass is 35.5. The number of rotatable bonds is 10. The summed E-state index contributed by atoms with van der Waals surface area (Å²) >= 11 is 0. The summed E-state index contributed by atoms with van der Waals surface area (Å²) < 4.78 is 5.10. The molecule has 0 saturated carbocycles. The average Bonchev–Trinajstić information content (AvgIpc) is 2.46. The van der Waals surface area contributed by atoms with E-state index in [2.05, 4.69) is 11.4 Å². The van der Waals surface area contributed by atoms with Gasteiger partial charge in [0.25, 0.3) is 0 Å². The number of methoxy groups -OCH3 is 1. The highest BCUT2D eigenvalue weighted by Crippen LogP contribution is 2.07. The molecule has 0 unspecified atom stereocenters. The molecule has 1 aromatic rings. The molecule has 1 amide bonds. The largest absolute Gasteiger partial charge is 0.380 e. The minimum Gasteiger partial charge on any atom is -0.380 e. The quantitative estimate of drug-likeness (QED) is 0.653. The second-order valence-corrected chi connectivity index (χ2v) is 4.98. The molecule has 0 spiro atoms. The smallest absolute Gasteiger partial charge is 0.220 e. The van der Waals surface area contributed by atoms with E-state index in [0.717, 1.165) is 43.4 Å². The zero-order chi connectivity index (χ0) is 14.6. The molecule has 4 nitrogen and oxygen atoms in total. The molecule has 0 aliphatic rings. The predicted molar refractivity (Wildman–Crippen MR) is 88.4 cm³/mol. The highest BCUT2D eigenvalue weighted by Gasteiger charge is 2.02. The van der Waals surface area contributed by atoms with Crippen LogP contribution < -0.4 is 11.1 Å². The number of nitrogens with one attached hydrogen (secondary N) is 1. The number of hydrogen-bond donors (Lipinski definition) is 2. The lowest BCUT2D eigenvalue weighted by atomic mass is 10.1. The number of amides is 1. The minimum atomic E-state index is 0. The van der Waals surface area contributed by atoms with Gasteiger partial charge in [0.15, 0.2) is 0 Å². The van der Waals surface area contributed by atoms with Gasteiger partial charge in [-0.05, 0) is 30.5 Å². The number of benzene rings is 1. The van der Waals surface area contributed by atoms with E-state index in [1.807, 2.05) is 18.2 Å². The number of halogens is 1. The van der Waals surface area contributed by atoms with Crippen molar-refractivity contribution in [2.24, 2.45) is 5.73 Å². The summed E-state index contributed by atoms with van der Waals surface area (Å²) in [6.07, 6.45) is 4.78. The highest BCUT2D eigenvalue weighted by molar-refractivity contribution is 5.85. The van der Waals surface area contributed by atoms with Crippen LogP contribution in [0.25, 0.3) is 0 Å². The fraction of sp³-hybridized carbons (Fsp3) is 0.562. The third kappa shape index (κ3) is 9.45. The molecule has 5 heteroatoms. The minimum absolute atomic E-state index is 0. The Labute approximate surface area is 133 Å². The summed E-state index contributed by atoms with van der Waals surface area (Å²) in [5.41, 5.74) is 7.66. The summed E-state index contributed by atoms with van der Waals surface area (Å²) in [6, 6.07) is 8.08. The van der Waals surface area contributed by atoms with E-state index >= 15 is 0 Å². The molecule has 0 aliphatic carbocycles. The van der Waals surface area contributed by atoms with Crippen molar-refractivity contribution in [3.05, 3.63) is 35.4 Å². The van der Waals surface area contributed by atoms with Gasteiger partial charge in [0.2, 0.25) is 5.91 Å². The topological polar surface area (TPSA) is 64.3 Å². The van der Waals surface area contributed by atoms with Crippen molar-refractivity contribution in [2.45, 2.75) is 45.3 Å². The zero-order valence-corrected chi connectivity index (χ0v) is 13.6. The van der Waals surface area contributed by atoms with Crippen LogP contribution in [0.1, 0.15) is 43.2 Å². The Morgan fingerprint density at radius 1 is 1.19 bits per heavy atom. The maximum absolute atomic E-state index is 11.7. The van der Waals surface area contributed by atoms with Gasteiger partial charge in [-0.2, -0.15) is 0 Å². The van der Waals surface area contributed by atoms with Crippen LogP contribution >= 0.6 is 12.4 Å². The molecule has 0 atom stereocenters. The van der Waals surface area contributed by atoms with Crippen molar-refractivity contribution in [3.63, 3.8) is 0 Å². The van der Waals surface area contributed by atoms with Crippen LogP contribution in [0.5, 0.6) is 0 Å². The van der Waals surface area contributed by atoms with E-state index in [4.69, 9.17) is 10.5 Å². The first-order valence-corrected chi connectivity index (χ1v) is 7.29. The van der Waals surface area contributed by atoms with Gasteiger partial charge >= 0.3 is 0 Å². The van der Waals surface area contributed by atoms with E-state index in [1.165, 1.54) is 0 Å².